The average molecular weight is 376 g/mol. The summed E-state index contributed by atoms with van der Waals surface area (Å²) >= 11 is 0. The maximum Gasteiger partial charge on any atom is 0.222 e. The summed E-state index contributed by atoms with van der Waals surface area (Å²) in [6.45, 7) is 1.97. The molecule has 0 atom stereocenters. The molecule has 1 amide bonds. The highest BCUT2D eigenvalue weighted by Gasteiger charge is 2.20. The summed E-state index contributed by atoms with van der Waals surface area (Å²) in [6.07, 6.45) is 9.75. The molecule has 5 nitrogen and oxygen atoms in total. The lowest BCUT2D eigenvalue weighted by Crippen LogP contribution is -2.37. The molecule has 0 bridgehead atoms. The van der Waals surface area contributed by atoms with Gasteiger partial charge in [-0.25, -0.2) is 0 Å². The molecule has 1 aliphatic carbocycles. The number of amides is 1. The zero-order chi connectivity index (χ0) is 19.6. The SMILES string of the molecule is COc1cc(C(C)=O)ccc1OCCCC(=O)N(C)C1CCCCCCC1. The minimum atomic E-state index is -0.0114. The third-order valence-electron chi connectivity index (χ3n) is 5.38. The molecule has 27 heavy (non-hydrogen) atoms. The molecule has 0 saturated heterocycles. The van der Waals surface area contributed by atoms with Crippen LogP contribution >= 0.6 is 0 Å². The Kier molecular flexibility index (Phi) is 8.62. The lowest BCUT2D eigenvalue weighted by Gasteiger charge is -2.30. The van der Waals surface area contributed by atoms with Crippen molar-refractivity contribution >= 4 is 11.7 Å². The molecule has 1 aromatic carbocycles. The maximum atomic E-state index is 12.5. The second-order valence-corrected chi connectivity index (χ2v) is 7.38. The van der Waals surface area contributed by atoms with Crippen LogP contribution in [0.3, 0.4) is 0 Å². The van der Waals surface area contributed by atoms with Crippen molar-refractivity contribution in [1.82, 2.24) is 4.90 Å². The molecule has 1 saturated carbocycles. The number of rotatable bonds is 8. The van der Waals surface area contributed by atoms with Crippen LogP contribution in [0.1, 0.15) is 75.1 Å². The largest absolute Gasteiger partial charge is 0.493 e. The van der Waals surface area contributed by atoms with Gasteiger partial charge in [-0.2, -0.15) is 0 Å². The molecule has 2 rings (SSSR count). The first-order valence-electron chi connectivity index (χ1n) is 10.1. The van der Waals surface area contributed by atoms with E-state index in [1.54, 1.807) is 25.3 Å². The lowest BCUT2D eigenvalue weighted by molar-refractivity contribution is -0.132. The minimum absolute atomic E-state index is 0.0114. The average Bonchev–Trinajstić information content (AvgIpc) is 2.64. The molecule has 1 fully saturated rings. The van der Waals surface area contributed by atoms with Crippen LogP contribution in [-0.2, 0) is 4.79 Å². The Morgan fingerprint density at radius 1 is 1.07 bits per heavy atom. The molecular formula is C22H33NO4. The number of benzene rings is 1. The van der Waals surface area contributed by atoms with Gasteiger partial charge in [-0.1, -0.05) is 32.1 Å². The molecule has 0 unspecified atom stereocenters. The normalized spacial score (nSPS) is 15.5. The van der Waals surface area contributed by atoms with Crippen molar-refractivity contribution < 1.29 is 19.1 Å². The Bertz CT molecular complexity index is 621. The van der Waals surface area contributed by atoms with E-state index < -0.39 is 0 Å². The minimum Gasteiger partial charge on any atom is -0.493 e. The van der Waals surface area contributed by atoms with Crippen LogP contribution in [0.2, 0.25) is 0 Å². The van der Waals surface area contributed by atoms with Gasteiger partial charge in [0, 0.05) is 25.1 Å². The predicted molar refractivity (Wildman–Crippen MR) is 107 cm³/mol. The highest BCUT2D eigenvalue weighted by Crippen LogP contribution is 2.28. The Labute approximate surface area is 163 Å². The third kappa shape index (κ3) is 6.56. The predicted octanol–water partition coefficient (Wildman–Crippen LogP) is 4.63. The summed E-state index contributed by atoms with van der Waals surface area (Å²) < 4.78 is 11.1. The van der Waals surface area contributed by atoms with Crippen LogP contribution in [-0.4, -0.2) is 43.4 Å². The van der Waals surface area contributed by atoms with Gasteiger partial charge in [0.1, 0.15) is 0 Å². The first-order chi connectivity index (χ1) is 13.0. The molecule has 0 spiro atoms. The van der Waals surface area contributed by atoms with Gasteiger partial charge in [0.25, 0.3) is 0 Å². The van der Waals surface area contributed by atoms with E-state index in [9.17, 15) is 9.59 Å². The Balaban J connectivity index is 1.78. The fraction of sp³-hybridized carbons (Fsp3) is 0.636. The van der Waals surface area contributed by atoms with Gasteiger partial charge in [0.15, 0.2) is 17.3 Å². The standard InChI is InChI=1S/C22H33NO4/c1-17(24)18-13-14-20(21(16-18)26-3)27-15-9-12-22(25)23(2)19-10-7-5-4-6-8-11-19/h13-14,16,19H,4-12,15H2,1-3H3. The van der Waals surface area contributed by atoms with Crippen LogP contribution < -0.4 is 9.47 Å². The lowest BCUT2D eigenvalue weighted by atomic mass is 9.95. The van der Waals surface area contributed by atoms with Crippen LogP contribution in [0.4, 0.5) is 0 Å². The van der Waals surface area contributed by atoms with Crippen LogP contribution in [0.15, 0.2) is 18.2 Å². The van der Waals surface area contributed by atoms with Gasteiger partial charge < -0.3 is 14.4 Å². The fourth-order valence-corrected chi connectivity index (χ4v) is 3.61. The van der Waals surface area contributed by atoms with Crippen LogP contribution in [0, 0.1) is 0 Å². The van der Waals surface area contributed by atoms with E-state index in [1.807, 2.05) is 11.9 Å². The van der Waals surface area contributed by atoms with Gasteiger partial charge in [0.05, 0.1) is 13.7 Å². The second-order valence-electron chi connectivity index (χ2n) is 7.38. The highest BCUT2D eigenvalue weighted by atomic mass is 16.5. The molecular weight excluding hydrogens is 342 g/mol. The van der Waals surface area contributed by atoms with Crippen molar-refractivity contribution in [3.63, 3.8) is 0 Å². The van der Waals surface area contributed by atoms with Gasteiger partial charge in [-0.15, -0.1) is 0 Å². The number of ether oxygens (including phenoxy) is 2. The molecule has 1 aliphatic rings. The van der Waals surface area contributed by atoms with E-state index in [-0.39, 0.29) is 11.7 Å². The zero-order valence-electron chi connectivity index (χ0n) is 17.0. The van der Waals surface area contributed by atoms with Gasteiger partial charge in [-0.05, 0) is 44.4 Å². The highest BCUT2D eigenvalue weighted by molar-refractivity contribution is 5.94. The van der Waals surface area contributed by atoms with E-state index in [1.165, 1.54) is 39.0 Å². The number of Topliss-reactive ketones (excluding diaryl/α,β-unsaturated/α-hetero) is 1. The smallest absolute Gasteiger partial charge is 0.222 e. The Morgan fingerprint density at radius 3 is 2.37 bits per heavy atom. The number of carbonyl (C=O) groups excluding carboxylic acids is 2. The second kappa shape index (κ2) is 11.0. The molecule has 150 valence electrons. The maximum absolute atomic E-state index is 12.5. The van der Waals surface area contributed by atoms with E-state index in [4.69, 9.17) is 9.47 Å². The topological polar surface area (TPSA) is 55.8 Å². The van der Waals surface area contributed by atoms with Gasteiger partial charge in [0.2, 0.25) is 5.91 Å². The van der Waals surface area contributed by atoms with Gasteiger partial charge in [-0.3, -0.25) is 9.59 Å². The van der Waals surface area contributed by atoms with Crippen LogP contribution in [0.25, 0.3) is 0 Å². The van der Waals surface area contributed by atoms with Crippen molar-refractivity contribution in [3.8, 4) is 11.5 Å². The van der Waals surface area contributed by atoms with Crippen molar-refractivity contribution in [3.05, 3.63) is 23.8 Å². The Hall–Kier alpha value is -2.04. The van der Waals surface area contributed by atoms with Crippen molar-refractivity contribution in [2.45, 2.75) is 70.8 Å². The number of hydrogen-bond donors (Lipinski definition) is 0. The molecule has 0 heterocycles. The van der Waals surface area contributed by atoms with E-state index in [0.717, 1.165) is 12.8 Å². The van der Waals surface area contributed by atoms with Gasteiger partial charge >= 0.3 is 0 Å². The summed E-state index contributed by atoms with van der Waals surface area (Å²) in [7, 11) is 3.50. The summed E-state index contributed by atoms with van der Waals surface area (Å²) in [5, 5.41) is 0. The first-order valence-corrected chi connectivity index (χ1v) is 10.1. The number of nitrogens with zero attached hydrogens (tertiary/aromatic N) is 1. The number of carbonyl (C=O) groups is 2. The molecule has 0 N–H and O–H groups in total. The summed E-state index contributed by atoms with van der Waals surface area (Å²) in [4.78, 5) is 25.9. The van der Waals surface area contributed by atoms with E-state index in [0.29, 0.717) is 42.6 Å². The van der Waals surface area contributed by atoms with Crippen molar-refractivity contribution in [1.29, 1.82) is 0 Å². The summed E-state index contributed by atoms with van der Waals surface area (Å²) in [5.41, 5.74) is 0.593. The summed E-state index contributed by atoms with van der Waals surface area (Å²) in [5.74, 6) is 1.33. The van der Waals surface area contributed by atoms with Crippen LogP contribution in [0.5, 0.6) is 11.5 Å². The monoisotopic (exact) mass is 375 g/mol. The third-order valence-corrected chi connectivity index (χ3v) is 5.38. The van der Waals surface area contributed by atoms with E-state index >= 15 is 0 Å². The first kappa shape index (κ1) is 21.3. The quantitative estimate of drug-likeness (QED) is 0.491. The number of methoxy groups -OCH3 is 1. The molecule has 0 radical (unpaired) electrons. The number of hydrogen-bond acceptors (Lipinski definition) is 4. The fourth-order valence-electron chi connectivity index (χ4n) is 3.61. The molecule has 1 aromatic rings. The Morgan fingerprint density at radius 2 is 1.74 bits per heavy atom. The molecule has 5 heteroatoms. The van der Waals surface area contributed by atoms with E-state index in [2.05, 4.69) is 0 Å². The van der Waals surface area contributed by atoms with Crippen molar-refractivity contribution in [2.75, 3.05) is 20.8 Å². The van der Waals surface area contributed by atoms with Crippen molar-refractivity contribution in [2.24, 2.45) is 0 Å². The zero-order valence-corrected chi connectivity index (χ0v) is 17.0. The molecule has 0 aliphatic heterocycles. The molecule has 0 aromatic heterocycles. The summed E-state index contributed by atoms with van der Waals surface area (Å²) in [6, 6.07) is 5.55. The number of ketones is 1.